The highest BCUT2D eigenvalue weighted by Crippen LogP contribution is 2.32. The number of fused-ring (bicyclic) bond motifs is 2. The number of nitrogen functional groups attached to an aromatic ring is 1. The van der Waals surface area contributed by atoms with E-state index in [0.717, 1.165) is 16.7 Å². The van der Waals surface area contributed by atoms with Gasteiger partial charge in [0.1, 0.15) is 48.3 Å². The number of imidazole rings is 1. The average molecular weight is 423 g/mol. The second-order valence-electron chi connectivity index (χ2n) is 7.24. The van der Waals surface area contributed by atoms with Gasteiger partial charge in [0.15, 0.2) is 17.7 Å². The maximum absolute atomic E-state index is 10.6. The standard InChI is InChI=1S/C20H21N7O4/c1-22-14-5-3-10-2-4-11(6-12(10)26-14)30-7-13-16(28)17(29)20(31-13)27-9-25-15-18(21)23-8-24-19(15)27/h2-6,8-9,13,16-17,20,28-29H,7H2,1H3,(H,22,26)(H2,21,23,24)/t13-,16-,17-,20-/m1/s1. The van der Waals surface area contributed by atoms with Crippen molar-refractivity contribution in [2.45, 2.75) is 24.5 Å². The van der Waals surface area contributed by atoms with Crippen molar-refractivity contribution in [3.63, 3.8) is 0 Å². The lowest BCUT2D eigenvalue weighted by Crippen LogP contribution is -2.34. The molecule has 11 nitrogen and oxygen atoms in total. The van der Waals surface area contributed by atoms with Gasteiger partial charge >= 0.3 is 0 Å². The number of hydrogen-bond donors (Lipinski definition) is 4. The number of aromatic nitrogens is 5. The molecule has 31 heavy (non-hydrogen) atoms. The predicted octanol–water partition coefficient (Wildman–Crippen LogP) is 0.697. The molecule has 1 saturated heterocycles. The van der Waals surface area contributed by atoms with Crippen LogP contribution in [0.2, 0.25) is 0 Å². The lowest BCUT2D eigenvalue weighted by atomic mass is 10.1. The molecule has 0 radical (unpaired) electrons. The summed E-state index contributed by atoms with van der Waals surface area (Å²) in [6.45, 7) is 0.0374. The summed E-state index contributed by atoms with van der Waals surface area (Å²) < 4.78 is 13.3. The first-order valence-electron chi connectivity index (χ1n) is 9.71. The number of nitrogens with zero attached hydrogens (tertiary/aromatic N) is 5. The number of benzene rings is 1. The smallest absolute Gasteiger partial charge is 0.167 e. The Labute approximate surface area is 176 Å². The summed E-state index contributed by atoms with van der Waals surface area (Å²) in [6.07, 6.45) is -1.24. The molecule has 160 valence electrons. The molecule has 5 N–H and O–H groups in total. The van der Waals surface area contributed by atoms with Crippen molar-refractivity contribution in [1.29, 1.82) is 0 Å². The molecular weight excluding hydrogens is 402 g/mol. The van der Waals surface area contributed by atoms with Crippen molar-refractivity contribution < 1.29 is 19.7 Å². The molecule has 11 heteroatoms. The highest BCUT2D eigenvalue weighted by atomic mass is 16.6. The van der Waals surface area contributed by atoms with E-state index in [9.17, 15) is 10.2 Å². The first-order valence-corrected chi connectivity index (χ1v) is 9.71. The Bertz CT molecular complexity index is 1250. The van der Waals surface area contributed by atoms with Crippen LogP contribution in [0.1, 0.15) is 6.23 Å². The fraction of sp³-hybridized carbons (Fsp3) is 0.300. The highest BCUT2D eigenvalue weighted by Gasteiger charge is 2.44. The minimum absolute atomic E-state index is 0.0374. The van der Waals surface area contributed by atoms with E-state index < -0.39 is 24.5 Å². The van der Waals surface area contributed by atoms with Gasteiger partial charge in [-0.25, -0.2) is 19.9 Å². The molecule has 0 amide bonds. The average Bonchev–Trinajstić information content (AvgIpc) is 3.34. The fourth-order valence-corrected chi connectivity index (χ4v) is 3.66. The van der Waals surface area contributed by atoms with Crippen LogP contribution in [0.15, 0.2) is 43.0 Å². The van der Waals surface area contributed by atoms with Gasteiger partial charge in [-0.1, -0.05) is 0 Å². The second-order valence-corrected chi connectivity index (χ2v) is 7.24. The van der Waals surface area contributed by atoms with E-state index in [0.29, 0.717) is 16.9 Å². The van der Waals surface area contributed by atoms with E-state index in [4.69, 9.17) is 15.2 Å². The van der Waals surface area contributed by atoms with E-state index >= 15 is 0 Å². The molecule has 0 aliphatic carbocycles. The van der Waals surface area contributed by atoms with Gasteiger partial charge in [-0.05, 0) is 24.3 Å². The maximum atomic E-state index is 10.6. The fourth-order valence-electron chi connectivity index (χ4n) is 3.66. The molecule has 0 bridgehead atoms. The Morgan fingerprint density at radius 2 is 2.00 bits per heavy atom. The number of hydrogen-bond acceptors (Lipinski definition) is 10. The minimum atomic E-state index is -1.20. The maximum Gasteiger partial charge on any atom is 0.167 e. The summed E-state index contributed by atoms with van der Waals surface area (Å²) in [7, 11) is 1.80. The molecule has 0 unspecified atom stereocenters. The SMILES string of the molecule is CNc1ccc2ccc(OC[C@H]3O[C@@H](n4cnc5c(N)ncnc54)[C@H](O)[C@@H]3O)cc2n1. The van der Waals surface area contributed by atoms with Gasteiger partial charge in [0.05, 0.1) is 11.8 Å². The van der Waals surface area contributed by atoms with Crippen LogP contribution < -0.4 is 15.8 Å². The minimum Gasteiger partial charge on any atom is -0.491 e. The van der Waals surface area contributed by atoms with Gasteiger partial charge in [-0.15, -0.1) is 0 Å². The Kier molecular flexibility index (Phi) is 4.77. The van der Waals surface area contributed by atoms with E-state index in [2.05, 4.69) is 25.3 Å². The highest BCUT2D eigenvalue weighted by molar-refractivity contribution is 5.82. The summed E-state index contributed by atoms with van der Waals surface area (Å²) in [5.41, 5.74) is 7.40. The van der Waals surface area contributed by atoms with Gasteiger partial charge < -0.3 is 30.7 Å². The number of aliphatic hydroxyl groups is 2. The van der Waals surface area contributed by atoms with Crippen LogP contribution in [0.5, 0.6) is 5.75 Å². The molecule has 4 aromatic rings. The molecule has 1 fully saturated rings. The Hall–Kier alpha value is -3.54. The summed E-state index contributed by atoms with van der Waals surface area (Å²) in [5, 5.41) is 25.0. The van der Waals surface area contributed by atoms with Crippen LogP contribution >= 0.6 is 0 Å². The molecule has 1 aliphatic rings. The summed E-state index contributed by atoms with van der Waals surface area (Å²) in [6, 6.07) is 9.40. The molecule has 4 heterocycles. The second kappa shape index (κ2) is 7.61. The third-order valence-electron chi connectivity index (χ3n) is 5.33. The number of anilines is 2. The summed E-state index contributed by atoms with van der Waals surface area (Å²) in [4.78, 5) is 16.7. The molecule has 0 saturated carbocycles. The van der Waals surface area contributed by atoms with E-state index in [1.165, 1.54) is 17.2 Å². The molecule has 0 spiro atoms. The lowest BCUT2D eigenvalue weighted by molar-refractivity contribution is -0.0474. The van der Waals surface area contributed by atoms with Crippen LogP contribution in [0, 0.1) is 0 Å². The number of rotatable bonds is 5. The van der Waals surface area contributed by atoms with Gasteiger partial charge in [-0.3, -0.25) is 4.57 Å². The van der Waals surface area contributed by atoms with Gasteiger partial charge in [0, 0.05) is 18.5 Å². The zero-order valence-corrected chi connectivity index (χ0v) is 16.6. The molecule has 4 atom stereocenters. The summed E-state index contributed by atoms with van der Waals surface area (Å²) >= 11 is 0. The number of nitrogens with two attached hydrogens (primary N) is 1. The van der Waals surface area contributed by atoms with Crippen molar-refractivity contribution in [2.24, 2.45) is 0 Å². The van der Waals surface area contributed by atoms with Crippen molar-refractivity contribution in [3.05, 3.63) is 43.0 Å². The predicted molar refractivity (Wildman–Crippen MR) is 112 cm³/mol. The van der Waals surface area contributed by atoms with Crippen molar-refractivity contribution in [1.82, 2.24) is 24.5 Å². The van der Waals surface area contributed by atoms with E-state index in [-0.39, 0.29) is 12.4 Å². The normalized spacial score (nSPS) is 23.5. The van der Waals surface area contributed by atoms with Crippen LogP contribution in [0.4, 0.5) is 11.6 Å². The lowest BCUT2D eigenvalue weighted by Gasteiger charge is -2.16. The molecule has 1 aliphatic heterocycles. The number of ether oxygens (including phenoxy) is 2. The van der Waals surface area contributed by atoms with Gasteiger partial charge in [0.2, 0.25) is 0 Å². The molecular formula is C20H21N7O4. The van der Waals surface area contributed by atoms with E-state index in [1.807, 2.05) is 30.3 Å². The topological polar surface area (TPSA) is 153 Å². The number of pyridine rings is 1. The molecule has 5 rings (SSSR count). The van der Waals surface area contributed by atoms with Crippen LogP contribution in [-0.2, 0) is 4.74 Å². The zero-order chi connectivity index (χ0) is 21.5. The van der Waals surface area contributed by atoms with Gasteiger partial charge in [0.25, 0.3) is 0 Å². The zero-order valence-electron chi connectivity index (χ0n) is 16.6. The quantitative estimate of drug-likeness (QED) is 0.361. The van der Waals surface area contributed by atoms with Crippen molar-refractivity contribution in [3.8, 4) is 5.75 Å². The first-order chi connectivity index (χ1) is 15.0. The Morgan fingerprint density at radius 3 is 2.84 bits per heavy atom. The van der Waals surface area contributed by atoms with E-state index in [1.54, 1.807) is 7.05 Å². The van der Waals surface area contributed by atoms with Crippen LogP contribution in [0.25, 0.3) is 22.1 Å². The van der Waals surface area contributed by atoms with Crippen LogP contribution in [0.3, 0.4) is 0 Å². The largest absolute Gasteiger partial charge is 0.491 e. The Balaban J connectivity index is 1.33. The van der Waals surface area contributed by atoms with Crippen molar-refractivity contribution >= 4 is 33.7 Å². The van der Waals surface area contributed by atoms with Gasteiger partial charge in [-0.2, -0.15) is 0 Å². The first kappa shape index (κ1) is 19.4. The molecule has 3 aromatic heterocycles. The Morgan fingerprint density at radius 1 is 1.16 bits per heavy atom. The van der Waals surface area contributed by atoms with Crippen molar-refractivity contribution in [2.75, 3.05) is 24.7 Å². The van der Waals surface area contributed by atoms with Crippen LogP contribution in [-0.4, -0.2) is 66.7 Å². The molecule has 1 aromatic carbocycles. The number of aliphatic hydroxyl groups excluding tert-OH is 2. The number of nitrogens with one attached hydrogen (secondary N) is 1. The summed E-state index contributed by atoms with van der Waals surface area (Å²) in [5.74, 6) is 1.56. The monoisotopic (exact) mass is 423 g/mol. The third kappa shape index (κ3) is 3.38. The third-order valence-corrected chi connectivity index (χ3v) is 5.33.